The van der Waals surface area contributed by atoms with E-state index >= 15 is 0 Å². The summed E-state index contributed by atoms with van der Waals surface area (Å²) in [6, 6.07) is 14.6. The Hall–Kier alpha value is -2.09. The number of fused-ring (bicyclic) bond motifs is 1. The first-order chi connectivity index (χ1) is 9.05. The number of pyridine rings is 1. The lowest BCUT2D eigenvalue weighted by Gasteiger charge is -2.22. The van der Waals surface area contributed by atoms with E-state index in [-0.39, 0.29) is 5.41 Å². The van der Waals surface area contributed by atoms with Gasteiger partial charge in [-0.05, 0) is 23.1 Å². The molecule has 0 radical (unpaired) electrons. The fraction of sp³-hybridized carbons (Fsp3) is 0.235. The molecule has 0 bridgehead atoms. The Morgan fingerprint density at radius 1 is 0.947 bits per heavy atom. The first-order valence-electron chi connectivity index (χ1n) is 6.59. The fourth-order valence-electron chi connectivity index (χ4n) is 2.42. The van der Waals surface area contributed by atoms with Gasteiger partial charge in [0.25, 0.3) is 0 Å². The van der Waals surface area contributed by atoms with Crippen LogP contribution in [0.25, 0.3) is 16.9 Å². The summed E-state index contributed by atoms with van der Waals surface area (Å²) in [7, 11) is 0. The van der Waals surface area contributed by atoms with Crippen molar-refractivity contribution < 1.29 is 0 Å². The molecular formula is C17H18N2. The highest BCUT2D eigenvalue weighted by Gasteiger charge is 2.19. The van der Waals surface area contributed by atoms with Gasteiger partial charge in [-0.1, -0.05) is 51.1 Å². The Bertz CT molecular complexity index is 684. The molecule has 19 heavy (non-hydrogen) atoms. The van der Waals surface area contributed by atoms with Gasteiger partial charge in [0.15, 0.2) is 0 Å². The van der Waals surface area contributed by atoms with Gasteiger partial charge in [0, 0.05) is 18.0 Å². The second-order valence-corrected chi connectivity index (χ2v) is 5.89. The molecule has 0 atom stereocenters. The number of hydrogen-bond donors (Lipinski definition) is 0. The molecule has 2 nitrogen and oxygen atoms in total. The third-order valence-corrected chi connectivity index (χ3v) is 3.38. The first kappa shape index (κ1) is 12.0. The standard InChI is InChI=1S/C17H18N2/c1-17(2,3)14-9-5-4-8-13(14)15-12-19-11-7-6-10-16(19)18-15/h4-12H,1-3H3. The number of hydrogen-bond acceptors (Lipinski definition) is 1. The molecule has 0 spiro atoms. The zero-order chi connectivity index (χ0) is 13.5. The van der Waals surface area contributed by atoms with Gasteiger partial charge in [-0.15, -0.1) is 0 Å². The molecule has 96 valence electrons. The molecule has 3 aromatic rings. The molecule has 2 aromatic heterocycles. The fourth-order valence-corrected chi connectivity index (χ4v) is 2.42. The molecule has 0 amide bonds. The lowest BCUT2D eigenvalue weighted by Crippen LogP contribution is -2.12. The van der Waals surface area contributed by atoms with Gasteiger partial charge < -0.3 is 4.40 Å². The molecule has 0 fully saturated rings. The van der Waals surface area contributed by atoms with Crippen molar-refractivity contribution in [3.05, 3.63) is 60.4 Å². The highest BCUT2D eigenvalue weighted by atomic mass is 15.0. The second-order valence-electron chi connectivity index (χ2n) is 5.89. The summed E-state index contributed by atoms with van der Waals surface area (Å²) >= 11 is 0. The van der Waals surface area contributed by atoms with Crippen molar-refractivity contribution in [3.63, 3.8) is 0 Å². The molecular weight excluding hydrogens is 232 g/mol. The quantitative estimate of drug-likeness (QED) is 0.629. The first-order valence-corrected chi connectivity index (χ1v) is 6.59. The zero-order valence-corrected chi connectivity index (χ0v) is 11.6. The normalized spacial score (nSPS) is 11.9. The summed E-state index contributed by atoms with van der Waals surface area (Å²) < 4.78 is 2.06. The molecule has 3 rings (SSSR count). The average Bonchev–Trinajstić information content (AvgIpc) is 2.81. The smallest absolute Gasteiger partial charge is 0.137 e. The van der Waals surface area contributed by atoms with Gasteiger partial charge in [-0.3, -0.25) is 0 Å². The molecule has 2 heterocycles. The number of aromatic nitrogens is 2. The van der Waals surface area contributed by atoms with E-state index in [1.54, 1.807) is 0 Å². The molecule has 0 saturated carbocycles. The lowest BCUT2D eigenvalue weighted by atomic mass is 9.83. The molecule has 0 unspecified atom stereocenters. The van der Waals surface area contributed by atoms with E-state index in [2.05, 4.69) is 55.6 Å². The van der Waals surface area contributed by atoms with Crippen LogP contribution in [0.5, 0.6) is 0 Å². The van der Waals surface area contributed by atoms with Gasteiger partial charge in [0.1, 0.15) is 5.65 Å². The third-order valence-electron chi connectivity index (χ3n) is 3.38. The summed E-state index contributed by atoms with van der Waals surface area (Å²) in [5, 5.41) is 0. The maximum atomic E-state index is 4.72. The Morgan fingerprint density at radius 2 is 1.68 bits per heavy atom. The monoisotopic (exact) mass is 250 g/mol. The maximum absolute atomic E-state index is 4.72. The molecule has 0 N–H and O–H groups in total. The van der Waals surface area contributed by atoms with Crippen LogP contribution in [-0.2, 0) is 5.41 Å². The number of nitrogens with zero attached hydrogens (tertiary/aromatic N) is 2. The van der Waals surface area contributed by atoms with E-state index in [1.165, 1.54) is 11.1 Å². The van der Waals surface area contributed by atoms with Crippen LogP contribution in [0.3, 0.4) is 0 Å². The topological polar surface area (TPSA) is 17.3 Å². The Morgan fingerprint density at radius 3 is 2.42 bits per heavy atom. The van der Waals surface area contributed by atoms with Gasteiger partial charge >= 0.3 is 0 Å². The highest BCUT2D eigenvalue weighted by molar-refractivity contribution is 5.67. The van der Waals surface area contributed by atoms with Crippen molar-refractivity contribution in [2.75, 3.05) is 0 Å². The van der Waals surface area contributed by atoms with Crippen LogP contribution < -0.4 is 0 Å². The Balaban J connectivity index is 2.22. The Kier molecular flexibility index (Phi) is 2.67. The van der Waals surface area contributed by atoms with Gasteiger partial charge in [0.05, 0.1) is 5.69 Å². The van der Waals surface area contributed by atoms with Crippen LogP contribution in [-0.4, -0.2) is 9.38 Å². The zero-order valence-electron chi connectivity index (χ0n) is 11.6. The van der Waals surface area contributed by atoms with Crippen LogP contribution in [0.1, 0.15) is 26.3 Å². The molecule has 0 aliphatic heterocycles. The van der Waals surface area contributed by atoms with Crippen molar-refractivity contribution >= 4 is 5.65 Å². The van der Waals surface area contributed by atoms with Gasteiger partial charge in [-0.25, -0.2) is 4.98 Å². The van der Waals surface area contributed by atoms with E-state index in [0.29, 0.717) is 0 Å². The van der Waals surface area contributed by atoms with Crippen molar-refractivity contribution in [2.24, 2.45) is 0 Å². The van der Waals surface area contributed by atoms with Crippen molar-refractivity contribution in [3.8, 4) is 11.3 Å². The van der Waals surface area contributed by atoms with Gasteiger partial charge in [-0.2, -0.15) is 0 Å². The summed E-state index contributed by atoms with van der Waals surface area (Å²) in [6.07, 6.45) is 4.13. The molecule has 2 heteroatoms. The SMILES string of the molecule is CC(C)(C)c1ccccc1-c1cn2ccccc2n1. The minimum atomic E-state index is 0.117. The van der Waals surface area contributed by atoms with E-state index in [0.717, 1.165) is 11.3 Å². The van der Waals surface area contributed by atoms with E-state index in [1.807, 2.05) is 24.4 Å². The van der Waals surface area contributed by atoms with Gasteiger partial charge in [0.2, 0.25) is 0 Å². The summed E-state index contributed by atoms with van der Waals surface area (Å²) in [4.78, 5) is 4.72. The van der Waals surface area contributed by atoms with Crippen molar-refractivity contribution in [1.29, 1.82) is 0 Å². The van der Waals surface area contributed by atoms with Crippen LogP contribution >= 0.6 is 0 Å². The summed E-state index contributed by atoms with van der Waals surface area (Å²) in [6.45, 7) is 6.71. The Labute approximate surface area is 113 Å². The third kappa shape index (κ3) is 2.14. The molecule has 0 aliphatic rings. The predicted molar refractivity (Wildman–Crippen MR) is 79.3 cm³/mol. The second kappa shape index (κ2) is 4.23. The molecule has 1 aromatic carbocycles. The van der Waals surface area contributed by atoms with Crippen LogP contribution in [0.15, 0.2) is 54.9 Å². The minimum Gasteiger partial charge on any atom is -0.306 e. The van der Waals surface area contributed by atoms with E-state index < -0.39 is 0 Å². The number of benzene rings is 1. The average molecular weight is 250 g/mol. The van der Waals surface area contributed by atoms with Crippen LogP contribution in [0.4, 0.5) is 0 Å². The van der Waals surface area contributed by atoms with Crippen molar-refractivity contribution in [1.82, 2.24) is 9.38 Å². The summed E-state index contributed by atoms with van der Waals surface area (Å²) in [5.74, 6) is 0. The van der Waals surface area contributed by atoms with Crippen LogP contribution in [0, 0.1) is 0 Å². The van der Waals surface area contributed by atoms with E-state index in [4.69, 9.17) is 4.98 Å². The summed E-state index contributed by atoms with van der Waals surface area (Å²) in [5.41, 5.74) is 4.70. The largest absolute Gasteiger partial charge is 0.306 e. The predicted octanol–water partition coefficient (Wildman–Crippen LogP) is 4.30. The molecule has 0 aliphatic carbocycles. The van der Waals surface area contributed by atoms with E-state index in [9.17, 15) is 0 Å². The minimum absolute atomic E-state index is 0.117. The van der Waals surface area contributed by atoms with Crippen LogP contribution in [0.2, 0.25) is 0 Å². The molecule has 0 saturated heterocycles. The number of imidazole rings is 1. The number of rotatable bonds is 1. The van der Waals surface area contributed by atoms with Crippen molar-refractivity contribution in [2.45, 2.75) is 26.2 Å². The lowest BCUT2D eigenvalue weighted by molar-refractivity contribution is 0.592. The maximum Gasteiger partial charge on any atom is 0.137 e. The highest BCUT2D eigenvalue weighted by Crippen LogP contribution is 2.32.